The van der Waals surface area contributed by atoms with E-state index in [2.05, 4.69) is 0 Å². The standard InChI is InChI=1S/C7H12O4/c1-10-6-2-3-11-4-5(6)7(8)9/h5-6H,2-4H2,1H3,(H,8,9). The third kappa shape index (κ3) is 1.91. The fourth-order valence-corrected chi connectivity index (χ4v) is 1.23. The topological polar surface area (TPSA) is 55.8 Å². The predicted octanol–water partition coefficient (Wildman–Crippen LogP) is 0.122. The molecule has 0 aromatic rings. The lowest BCUT2D eigenvalue weighted by Gasteiger charge is -2.26. The van der Waals surface area contributed by atoms with Crippen molar-refractivity contribution < 1.29 is 19.4 Å². The lowest BCUT2D eigenvalue weighted by molar-refractivity contribution is -0.155. The maximum absolute atomic E-state index is 10.6. The Morgan fingerprint density at radius 3 is 2.91 bits per heavy atom. The number of hydrogen-bond donors (Lipinski definition) is 1. The smallest absolute Gasteiger partial charge is 0.311 e. The van der Waals surface area contributed by atoms with Crippen LogP contribution in [0.3, 0.4) is 0 Å². The van der Waals surface area contributed by atoms with Gasteiger partial charge in [-0.15, -0.1) is 0 Å². The second-order valence-electron chi connectivity index (χ2n) is 2.58. The maximum atomic E-state index is 10.6. The minimum absolute atomic E-state index is 0.179. The van der Waals surface area contributed by atoms with E-state index in [0.29, 0.717) is 13.0 Å². The van der Waals surface area contributed by atoms with Gasteiger partial charge in [-0.05, 0) is 6.42 Å². The summed E-state index contributed by atoms with van der Waals surface area (Å²) in [5.41, 5.74) is 0. The first-order valence-corrected chi connectivity index (χ1v) is 3.59. The van der Waals surface area contributed by atoms with Crippen LogP contribution in [0.15, 0.2) is 0 Å². The summed E-state index contributed by atoms with van der Waals surface area (Å²) in [6.45, 7) is 0.871. The molecule has 0 amide bonds. The Labute approximate surface area is 65.1 Å². The number of carbonyl (C=O) groups is 1. The molecule has 64 valence electrons. The molecule has 0 spiro atoms. The summed E-state index contributed by atoms with van der Waals surface area (Å²) >= 11 is 0. The summed E-state index contributed by atoms with van der Waals surface area (Å²) in [5.74, 6) is -1.33. The average molecular weight is 160 g/mol. The van der Waals surface area contributed by atoms with Crippen molar-refractivity contribution in [1.29, 1.82) is 0 Å². The highest BCUT2D eigenvalue weighted by Crippen LogP contribution is 2.17. The molecule has 2 unspecified atom stereocenters. The molecule has 0 aromatic carbocycles. The minimum Gasteiger partial charge on any atom is -0.481 e. The summed E-state index contributed by atoms with van der Waals surface area (Å²) < 4.78 is 10.0. The van der Waals surface area contributed by atoms with E-state index >= 15 is 0 Å². The van der Waals surface area contributed by atoms with Crippen molar-refractivity contribution in [3.63, 3.8) is 0 Å². The van der Waals surface area contributed by atoms with E-state index in [0.717, 1.165) is 0 Å². The molecule has 1 saturated heterocycles. The van der Waals surface area contributed by atoms with Crippen molar-refractivity contribution >= 4 is 5.97 Å². The molecular formula is C7H12O4. The highest BCUT2D eigenvalue weighted by atomic mass is 16.5. The van der Waals surface area contributed by atoms with E-state index in [-0.39, 0.29) is 12.7 Å². The van der Waals surface area contributed by atoms with Crippen LogP contribution in [0.4, 0.5) is 0 Å². The molecular weight excluding hydrogens is 148 g/mol. The van der Waals surface area contributed by atoms with Gasteiger partial charge >= 0.3 is 5.97 Å². The van der Waals surface area contributed by atoms with E-state index in [1.807, 2.05) is 0 Å². The van der Waals surface area contributed by atoms with Crippen LogP contribution in [0, 0.1) is 5.92 Å². The maximum Gasteiger partial charge on any atom is 0.311 e. The highest BCUT2D eigenvalue weighted by molar-refractivity contribution is 5.71. The summed E-state index contributed by atoms with van der Waals surface area (Å²) in [5, 5.41) is 8.68. The van der Waals surface area contributed by atoms with Gasteiger partial charge in [-0.1, -0.05) is 0 Å². The highest BCUT2D eigenvalue weighted by Gasteiger charge is 2.31. The average Bonchev–Trinajstić information content (AvgIpc) is 2.04. The van der Waals surface area contributed by atoms with Gasteiger partial charge in [-0.2, -0.15) is 0 Å². The van der Waals surface area contributed by atoms with Crippen LogP contribution in [0.5, 0.6) is 0 Å². The Morgan fingerprint density at radius 2 is 2.45 bits per heavy atom. The Morgan fingerprint density at radius 1 is 1.73 bits per heavy atom. The Kier molecular flexibility index (Phi) is 2.84. The van der Waals surface area contributed by atoms with Gasteiger partial charge in [0.1, 0.15) is 5.92 Å². The van der Waals surface area contributed by atoms with E-state index in [9.17, 15) is 4.79 Å². The fourth-order valence-electron chi connectivity index (χ4n) is 1.23. The van der Waals surface area contributed by atoms with Crippen molar-refractivity contribution in [2.75, 3.05) is 20.3 Å². The van der Waals surface area contributed by atoms with Crippen molar-refractivity contribution in [2.45, 2.75) is 12.5 Å². The SMILES string of the molecule is COC1CCOCC1C(=O)O. The predicted molar refractivity (Wildman–Crippen MR) is 37.4 cm³/mol. The monoisotopic (exact) mass is 160 g/mol. The first kappa shape index (κ1) is 8.49. The van der Waals surface area contributed by atoms with Gasteiger partial charge < -0.3 is 14.6 Å². The largest absolute Gasteiger partial charge is 0.481 e. The first-order valence-electron chi connectivity index (χ1n) is 3.59. The van der Waals surface area contributed by atoms with Gasteiger partial charge in [0, 0.05) is 13.7 Å². The number of rotatable bonds is 2. The molecule has 1 aliphatic heterocycles. The molecule has 11 heavy (non-hydrogen) atoms. The zero-order valence-electron chi connectivity index (χ0n) is 6.45. The van der Waals surface area contributed by atoms with Crippen LogP contribution in [0.2, 0.25) is 0 Å². The molecule has 1 aliphatic rings. The van der Waals surface area contributed by atoms with E-state index in [4.69, 9.17) is 14.6 Å². The molecule has 0 aliphatic carbocycles. The zero-order valence-corrected chi connectivity index (χ0v) is 6.45. The van der Waals surface area contributed by atoms with Crippen molar-refractivity contribution in [3.05, 3.63) is 0 Å². The molecule has 4 nitrogen and oxygen atoms in total. The molecule has 1 fully saturated rings. The molecule has 0 saturated carbocycles. The first-order chi connectivity index (χ1) is 5.25. The molecule has 0 bridgehead atoms. The van der Waals surface area contributed by atoms with Crippen LogP contribution in [-0.2, 0) is 14.3 Å². The van der Waals surface area contributed by atoms with Crippen LogP contribution in [0.1, 0.15) is 6.42 Å². The molecule has 1 N–H and O–H groups in total. The Hall–Kier alpha value is -0.610. The number of hydrogen-bond acceptors (Lipinski definition) is 3. The Bertz CT molecular complexity index is 145. The number of carboxylic acid groups (broad SMARTS) is 1. The summed E-state index contributed by atoms with van der Waals surface area (Å²) in [6.07, 6.45) is 0.495. The summed E-state index contributed by atoms with van der Waals surface area (Å²) in [6, 6.07) is 0. The molecule has 0 aromatic heterocycles. The van der Waals surface area contributed by atoms with E-state index in [1.54, 1.807) is 0 Å². The molecule has 1 rings (SSSR count). The van der Waals surface area contributed by atoms with Crippen LogP contribution >= 0.6 is 0 Å². The van der Waals surface area contributed by atoms with Gasteiger partial charge in [-0.25, -0.2) is 0 Å². The second kappa shape index (κ2) is 3.69. The molecule has 0 radical (unpaired) electrons. The zero-order chi connectivity index (χ0) is 8.27. The number of aliphatic carboxylic acids is 1. The third-order valence-electron chi connectivity index (χ3n) is 1.91. The lowest BCUT2D eigenvalue weighted by Crippen LogP contribution is -2.38. The number of ether oxygens (including phenoxy) is 2. The Balaban J connectivity index is 2.51. The van der Waals surface area contributed by atoms with Crippen molar-refractivity contribution in [3.8, 4) is 0 Å². The van der Waals surface area contributed by atoms with Crippen molar-refractivity contribution in [2.24, 2.45) is 5.92 Å². The minimum atomic E-state index is -0.837. The number of carboxylic acids is 1. The van der Waals surface area contributed by atoms with Gasteiger partial charge in [0.25, 0.3) is 0 Å². The second-order valence-corrected chi connectivity index (χ2v) is 2.58. The summed E-state index contributed by atoms with van der Waals surface area (Å²) in [7, 11) is 1.53. The van der Waals surface area contributed by atoms with Gasteiger partial charge in [0.15, 0.2) is 0 Å². The lowest BCUT2D eigenvalue weighted by atomic mass is 9.99. The van der Waals surface area contributed by atoms with Crippen LogP contribution < -0.4 is 0 Å². The van der Waals surface area contributed by atoms with E-state index in [1.165, 1.54) is 7.11 Å². The molecule has 4 heteroatoms. The van der Waals surface area contributed by atoms with Crippen LogP contribution in [-0.4, -0.2) is 37.5 Å². The molecule has 1 heterocycles. The van der Waals surface area contributed by atoms with Crippen LogP contribution in [0.25, 0.3) is 0 Å². The van der Waals surface area contributed by atoms with Gasteiger partial charge in [0.05, 0.1) is 12.7 Å². The van der Waals surface area contributed by atoms with Gasteiger partial charge in [0.2, 0.25) is 0 Å². The quantitative estimate of drug-likeness (QED) is 0.623. The van der Waals surface area contributed by atoms with Gasteiger partial charge in [-0.3, -0.25) is 4.79 Å². The van der Waals surface area contributed by atoms with Crippen molar-refractivity contribution in [1.82, 2.24) is 0 Å². The normalized spacial score (nSPS) is 31.7. The summed E-state index contributed by atoms with van der Waals surface area (Å²) in [4.78, 5) is 10.6. The van der Waals surface area contributed by atoms with E-state index < -0.39 is 11.9 Å². The molecule has 2 atom stereocenters. The number of methoxy groups -OCH3 is 1. The fraction of sp³-hybridized carbons (Fsp3) is 0.857. The third-order valence-corrected chi connectivity index (χ3v) is 1.91.